The van der Waals surface area contributed by atoms with Gasteiger partial charge >= 0.3 is 0 Å². The third kappa shape index (κ3) is 3.09. The molecule has 0 aromatic carbocycles. The Morgan fingerprint density at radius 2 is 1.93 bits per heavy atom. The van der Waals surface area contributed by atoms with Gasteiger partial charge in [-0.3, -0.25) is 14.2 Å². The molecule has 0 aliphatic carbocycles. The van der Waals surface area contributed by atoms with Crippen LogP contribution in [0.3, 0.4) is 0 Å². The lowest BCUT2D eigenvalue weighted by Crippen LogP contribution is -2.52. The lowest BCUT2D eigenvalue weighted by atomic mass is 9.78. The van der Waals surface area contributed by atoms with Gasteiger partial charge < -0.3 is 9.80 Å². The van der Waals surface area contributed by atoms with E-state index < -0.39 is 5.41 Å². The van der Waals surface area contributed by atoms with E-state index in [1.165, 1.54) is 0 Å². The van der Waals surface area contributed by atoms with Crippen molar-refractivity contribution in [2.45, 2.75) is 39.2 Å². The summed E-state index contributed by atoms with van der Waals surface area (Å²) in [5, 5.41) is 7.51. The molecule has 0 unspecified atom stereocenters. The normalized spacial score (nSPS) is 22.9. The third-order valence-corrected chi connectivity index (χ3v) is 5.71. The van der Waals surface area contributed by atoms with Crippen molar-refractivity contribution in [1.29, 1.82) is 0 Å². The first-order chi connectivity index (χ1) is 13.0. The molecule has 2 amide bonds. The second kappa shape index (κ2) is 6.75. The molecule has 2 aromatic heterocycles. The molecule has 0 radical (unpaired) electrons. The van der Waals surface area contributed by atoms with Crippen LogP contribution in [-0.4, -0.2) is 67.0 Å². The van der Waals surface area contributed by atoms with Gasteiger partial charge in [0.25, 0.3) is 5.91 Å². The summed E-state index contributed by atoms with van der Waals surface area (Å²) < 4.78 is 1.68. The molecule has 1 atom stereocenters. The van der Waals surface area contributed by atoms with E-state index in [0.29, 0.717) is 24.5 Å². The van der Waals surface area contributed by atoms with Crippen molar-refractivity contribution in [2.75, 3.05) is 19.6 Å². The smallest absolute Gasteiger partial charge is 0.255 e. The van der Waals surface area contributed by atoms with Gasteiger partial charge in [0.05, 0.1) is 11.0 Å². The average molecular weight is 368 g/mol. The Morgan fingerprint density at radius 3 is 2.59 bits per heavy atom. The predicted molar refractivity (Wildman–Crippen MR) is 98.2 cm³/mol. The lowest BCUT2D eigenvalue weighted by molar-refractivity contribution is -0.147. The van der Waals surface area contributed by atoms with Crippen LogP contribution in [0.5, 0.6) is 0 Å². The lowest BCUT2D eigenvalue weighted by Gasteiger charge is -2.41. The van der Waals surface area contributed by atoms with Gasteiger partial charge in [0, 0.05) is 31.9 Å². The molecule has 2 aliphatic rings. The molecule has 0 bridgehead atoms. The van der Waals surface area contributed by atoms with Crippen LogP contribution >= 0.6 is 0 Å². The van der Waals surface area contributed by atoms with Crippen LogP contribution in [0.2, 0.25) is 0 Å². The second-order valence-corrected chi connectivity index (χ2v) is 7.73. The van der Waals surface area contributed by atoms with Gasteiger partial charge in [-0.05, 0) is 45.2 Å². The van der Waals surface area contributed by atoms with E-state index in [9.17, 15) is 9.59 Å². The SMILES string of the molecule is CC(C)N1CCC[C@@]2(CCN(C(=O)c3ccc(-n4cnnc4)nc3)C2)C1=O. The fourth-order valence-corrected chi connectivity index (χ4v) is 4.18. The van der Waals surface area contributed by atoms with Crippen molar-refractivity contribution in [3.8, 4) is 5.82 Å². The van der Waals surface area contributed by atoms with Crippen molar-refractivity contribution in [3.05, 3.63) is 36.5 Å². The van der Waals surface area contributed by atoms with Crippen molar-refractivity contribution >= 4 is 11.8 Å². The molecular weight excluding hydrogens is 344 g/mol. The van der Waals surface area contributed by atoms with Crippen LogP contribution in [0, 0.1) is 5.41 Å². The Morgan fingerprint density at radius 1 is 1.15 bits per heavy atom. The summed E-state index contributed by atoms with van der Waals surface area (Å²) in [7, 11) is 0. The Hall–Kier alpha value is -2.77. The number of likely N-dealkylation sites (tertiary alicyclic amines) is 2. The number of piperidine rings is 1. The summed E-state index contributed by atoms with van der Waals surface area (Å²) >= 11 is 0. The minimum atomic E-state index is -0.409. The quantitative estimate of drug-likeness (QED) is 0.820. The predicted octanol–water partition coefficient (Wildman–Crippen LogP) is 1.53. The van der Waals surface area contributed by atoms with E-state index in [1.807, 2.05) is 4.90 Å². The van der Waals surface area contributed by atoms with Gasteiger partial charge in [-0.25, -0.2) is 4.98 Å². The highest BCUT2D eigenvalue weighted by Gasteiger charge is 2.49. The number of nitrogens with zero attached hydrogens (tertiary/aromatic N) is 6. The highest BCUT2D eigenvalue weighted by molar-refractivity contribution is 5.95. The zero-order valence-electron chi connectivity index (χ0n) is 15.7. The summed E-state index contributed by atoms with van der Waals surface area (Å²) in [6.45, 7) is 6.04. The van der Waals surface area contributed by atoms with Gasteiger partial charge in [-0.2, -0.15) is 0 Å². The third-order valence-electron chi connectivity index (χ3n) is 5.71. The van der Waals surface area contributed by atoms with Gasteiger partial charge in [-0.15, -0.1) is 10.2 Å². The first-order valence-corrected chi connectivity index (χ1v) is 9.42. The van der Waals surface area contributed by atoms with E-state index in [1.54, 1.807) is 40.5 Å². The van der Waals surface area contributed by atoms with Gasteiger partial charge in [0.15, 0.2) is 0 Å². The van der Waals surface area contributed by atoms with Crippen LogP contribution in [-0.2, 0) is 4.79 Å². The average Bonchev–Trinajstić information content (AvgIpc) is 3.34. The molecule has 27 heavy (non-hydrogen) atoms. The number of pyridine rings is 1. The van der Waals surface area contributed by atoms with Gasteiger partial charge in [0.2, 0.25) is 5.91 Å². The molecule has 4 rings (SSSR count). The number of carbonyl (C=O) groups is 2. The van der Waals surface area contributed by atoms with Gasteiger partial charge in [-0.1, -0.05) is 0 Å². The zero-order chi connectivity index (χ0) is 19.0. The first kappa shape index (κ1) is 17.6. The van der Waals surface area contributed by atoms with Crippen molar-refractivity contribution in [1.82, 2.24) is 29.5 Å². The Labute approximate surface area is 158 Å². The highest BCUT2D eigenvalue weighted by atomic mass is 16.2. The standard InChI is InChI=1S/C19H24N6O2/c1-14(2)25-8-3-6-19(18(25)27)7-9-23(11-19)17(26)15-4-5-16(20-10-15)24-12-21-22-13-24/h4-5,10,12-14H,3,6-9,11H2,1-2H3/t19-/m0/s1. The minimum Gasteiger partial charge on any atom is -0.340 e. The summed E-state index contributed by atoms with van der Waals surface area (Å²) in [6.07, 6.45) is 7.30. The molecule has 2 aromatic rings. The van der Waals surface area contributed by atoms with Crippen LogP contribution in [0.4, 0.5) is 0 Å². The monoisotopic (exact) mass is 368 g/mol. The van der Waals surface area contributed by atoms with Crippen molar-refractivity contribution in [3.63, 3.8) is 0 Å². The van der Waals surface area contributed by atoms with E-state index in [4.69, 9.17) is 0 Å². The summed E-state index contributed by atoms with van der Waals surface area (Å²) in [4.78, 5) is 34.1. The molecule has 8 nitrogen and oxygen atoms in total. The number of rotatable bonds is 3. The maximum Gasteiger partial charge on any atom is 0.255 e. The van der Waals surface area contributed by atoms with Crippen LogP contribution in [0.15, 0.2) is 31.0 Å². The van der Waals surface area contributed by atoms with Crippen LogP contribution in [0.25, 0.3) is 5.82 Å². The number of hydrogen-bond donors (Lipinski definition) is 0. The molecule has 0 N–H and O–H groups in total. The minimum absolute atomic E-state index is 0.0656. The Balaban J connectivity index is 1.48. The number of aromatic nitrogens is 4. The molecular formula is C19H24N6O2. The summed E-state index contributed by atoms with van der Waals surface area (Å²) in [5.74, 6) is 0.800. The molecule has 1 spiro atoms. The highest BCUT2D eigenvalue weighted by Crippen LogP contribution is 2.41. The fraction of sp³-hybridized carbons (Fsp3) is 0.526. The molecule has 8 heteroatoms. The van der Waals surface area contributed by atoms with E-state index in [0.717, 1.165) is 25.8 Å². The fourth-order valence-electron chi connectivity index (χ4n) is 4.18. The Bertz CT molecular complexity index is 832. The van der Waals surface area contributed by atoms with E-state index in [2.05, 4.69) is 29.0 Å². The number of carbonyl (C=O) groups excluding carboxylic acids is 2. The zero-order valence-corrected chi connectivity index (χ0v) is 15.7. The maximum absolute atomic E-state index is 13.0. The van der Waals surface area contributed by atoms with Crippen LogP contribution in [0.1, 0.15) is 43.5 Å². The number of amides is 2. The number of hydrogen-bond acceptors (Lipinski definition) is 5. The molecule has 2 saturated heterocycles. The van der Waals surface area contributed by atoms with Crippen molar-refractivity contribution in [2.24, 2.45) is 5.41 Å². The second-order valence-electron chi connectivity index (χ2n) is 7.73. The van der Waals surface area contributed by atoms with E-state index in [-0.39, 0.29) is 17.9 Å². The van der Waals surface area contributed by atoms with E-state index >= 15 is 0 Å². The van der Waals surface area contributed by atoms with Crippen LogP contribution < -0.4 is 0 Å². The summed E-state index contributed by atoms with van der Waals surface area (Å²) in [5.41, 5.74) is 0.126. The van der Waals surface area contributed by atoms with Crippen molar-refractivity contribution < 1.29 is 9.59 Å². The largest absolute Gasteiger partial charge is 0.340 e. The topological polar surface area (TPSA) is 84.2 Å². The Kier molecular flexibility index (Phi) is 4.41. The molecule has 4 heterocycles. The molecule has 142 valence electrons. The maximum atomic E-state index is 13.0. The molecule has 0 saturated carbocycles. The molecule has 2 fully saturated rings. The summed E-state index contributed by atoms with van der Waals surface area (Å²) in [6, 6.07) is 3.74. The molecule has 2 aliphatic heterocycles. The first-order valence-electron chi connectivity index (χ1n) is 9.42. The van der Waals surface area contributed by atoms with Gasteiger partial charge in [0.1, 0.15) is 18.5 Å².